The van der Waals surface area contributed by atoms with Crippen LogP contribution in [0.2, 0.25) is 0 Å². The molecule has 0 aliphatic rings. The van der Waals surface area contributed by atoms with Gasteiger partial charge in [0.1, 0.15) is 5.75 Å². The lowest BCUT2D eigenvalue weighted by Crippen LogP contribution is -2.39. The molecule has 1 aromatic carbocycles. The Morgan fingerprint density at radius 3 is 2.16 bits per heavy atom. The van der Waals surface area contributed by atoms with Crippen molar-refractivity contribution in [3.63, 3.8) is 0 Å². The normalized spacial score (nSPS) is 13.8. The van der Waals surface area contributed by atoms with E-state index in [9.17, 15) is 8.42 Å². The highest BCUT2D eigenvalue weighted by Gasteiger charge is 2.24. The summed E-state index contributed by atoms with van der Waals surface area (Å²) in [5, 5.41) is 0. The molecule has 0 aliphatic carbocycles. The summed E-state index contributed by atoms with van der Waals surface area (Å²) in [5.41, 5.74) is 5.50. The first-order valence-corrected chi connectivity index (χ1v) is 7.68. The minimum atomic E-state index is -3.50. The molecule has 0 bridgehead atoms. The van der Waals surface area contributed by atoms with Gasteiger partial charge in [-0.25, -0.2) is 8.42 Å². The number of benzene rings is 1. The van der Waals surface area contributed by atoms with Crippen LogP contribution in [0.5, 0.6) is 5.75 Å². The molecule has 0 spiro atoms. The Morgan fingerprint density at radius 2 is 1.74 bits per heavy atom. The Labute approximate surface area is 115 Å². The van der Waals surface area contributed by atoms with Crippen molar-refractivity contribution >= 4 is 10.0 Å². The van der Waals surface area contributed by atoms with Gasteiger partial charge < -0.3 is 10.5 Å². The van der Waals surface area contributed by atoms with Crippen LogP contribution in [-0.4, -0.2) is 38.5 Å². The smallest absolute Gasteiger partial charge is 0.243 e. The quantitative estimate of drug-likeness (QED) is 0.859. The number of hydrogen-bond donors (Lipinski definition) is 1. The maximum atomic E-state index is 12.3. The average molecular weight is 286 g/mol. The van der Waals surface area contributed by atoms with E-state index in [2.05, 4.69) is 0 Å². The zero-order chi connectivity index (χ0) is 14.6. The summed E-state index contributed by atoms with van der Waals surface area (Å²) in [4.78, 5) is 0.242. The third-order valence-corrected chi connectivity index (χ3v) is 4.82. The topological polar surface area (TPSA) is 72.6 Å². The molecule has 2 N–H and O–H groups in total. The van der Waals surface area contributed by atoms with Crippen molar-refractivity contribution in [3.8, 4) is 5.75 Å². The molecule has 1 aromatic rings. The van der Waals surface area contributed by atoms with E-state index < -0.39 is 10.0 Å². The van der Waals surface area contributed by atoms with Gasteiger partial charge in [0.15, 0.2) is 0 Å². The van der Waals surface area contributed by atoms with Crippen molar-refractivity contribution in [1.82, 2.24) is 4.31 Å². The van der Waals surface area contributed by atoms with Crippen molar-refractivity contribution in [2.45, 2.75) is 37.8 Å². The zero-order valence-corrected chi connectivity index (χ0v) is 12.6. The highest BCUT2D eigenvalue weighted by molar-refractivity contribution is 7.89. The van der Waals surface area contributed by atoms with Crippen LogP contribution < -0.4 is 10.5 Å². The summed E-state index contributed by atoms with van der Waals surface area (Å²) in [7, 11) is -1.96. The van der Waals surface area contributed by atoms with Gasteiger partial charge in [0.05, 0.1) is 11.0 Å². The number of nitrogens with two attached hydrogens (primary N) is 1. The van der Waals surface area contributed by atoms with Crippen LogP contribution in [0.1, 0.15) is 20.8 Å². The average Bonchev–Trinajstić information content (AvgIpc) is 2.36. The largest absolute Gasteiger partial charge is 0.491 e. The molecule has 0 aromatic heterocycles. The predicted octanol–water partition coefficient (Wildman–Crippen LogP) is 1.44. The molecule has 0 heterocycles. The van der Waals surface area contributed by atoms with Gasteiger partial charge in [-0.3, -0.25) is 0 Å². The third kappa shape index (κ3) is 3.92. The van der Waals surface area contributed by atoms with Crippen molar-refractivity contribution < 1.29 is 13.2 Å². The molecule has 108 valence electrons. The molecule has 0 unspecified atom stereocenters. The van der Waals surface area contributed by atoms with Crippen LogP contribution in [0.25, 0.3) is 0 Å². The predicted molar refractivity (Wildman–Crippen MR) is 75.7 cm³/mol. The highest BCUT2D eigenvalue weighted by atomic mass is 32.2. The van der Waals surface area contributed by atoms with Gasteiger partial charge in [0, 0.05) is 19.6 Å². The van der Waals surface area contributed by atoms with E-state index in [1.807, 2.05) is 13.8 Å². The summed E-state index contributed by atoms with van der Waals surface area (Å²) in [6.07, 6.45) is 0.0578. The number of ether oxygens (including phenoxy) is 1. The lowest BCUT2D eigenvalue weighted by Gasteiger charge is -2.23. The lowest BCUT2D eigenvalue weighted by molar-refractivity contribution is 0.242. The van der Waals surface area contributed by atoms with E-state index in [4.69, 9.17) is 10.5 Å². The number of rotatable bonds is 6. The zero-order valence-electron chi connectivity index (χ0n) is 11.8. The molecular weight excluding hydrogens is 264 g/mol. The van der Waals surface area contributed by atoms with E-state index in [-0.39, 0.29) is 23.6 Å². The fourth-order valence-corrected chi connectivity index (χ4v) is 2.89. The second-order valence-corrected chi connectivity index (χ2v) is 6.74. The molecule has 1 atom stereocenters. The van der Waals surface area contributed by atoms with Gasteiger partial charge >= 0.3 is 0 Å². The maximum absolute atomic E-state index is 12.3. The first-order valence-electron chi connectivity index (χ1n) is 6.24. The van der Waals surface area contributed by atoms with Crippen molar-refractivity contribution in [1.29, 1.82) is 0 Å². The number of likely N-dealkylation sites (N-methyl/N-ethyl adjacent to an activating group) is 1. The summed E-state index contributed by atoms with van der Waals surface area (Å²) < 4.78 is 31.4. The summed E-state index contributed by atoms with van der Waals surface area (Å²) >= 11 is 0. The molecule has 19 heavy (non-hydrogen) atoms. The minimum absolute atomic E-state index is 0.0578. The Balaban J connectivity index is 2.97. The Kier molecular flexibility index (Phi) is 5.34. The van der Waals surface area contributed by atoms with Crippen molar-refractivity contribution in [3.05, 3.63) is 24.3 Å². The lowest BCUT2D eigenvalue weighted by atomic mass is 10.3. The van der Waals surface area contributed by atoms with E-state index in [0.717, 1.165) is 0 Å². The van der Waals surface area contributed by atoms with Crippen LogP contribution in [0.4, 0.5) is 0 Å². The second kappa shape index (κ2) is 6.36. The van der Waals surface area contributed by atoms with Gasteiger partial charge in [-0.2, -0.15) is 4.31 Å². The van der Waals surface area contributed by atoms with E-state index >= 15 is 0 Å². The molecule has 6 heteroatoms. The summed E-state index contributed by atoms with van der Waals surface area (Å²) in [6.45, 7) is 5.89. The molecule has 5 nitrogen and oxygen atoms in total. The Hall–Kier alpha value is -1.11. The monoisotopic (exact) mass is 286 g/mol. The second-order valence-electron chi connectivity index (χ2n) is 4.74. The standard InChI is InChI=1S/C13H22N2O3S/c1-10(2)18-12-5-7-13(8-6-12)19(16,17)15(4)11(3)9-14/h5-8,10-11H,9,14H2,1-4H3/t11-/m1/s1. The molecule has 0 fully saturated rings. The Bertz CT molecular complexity index is 497. The molecule has 0 amide bonds. The van der Waals surface area contributed by atoms with Crippen LogP contribution >= 0.6 is 0 Å². The van der Waals surface area contributed by atoms with Gasteiger partial charge in [-0.15, -0.1) is 0 Å². The Morgan fingerprint density at radius 1 is 1.21 bits per heavy atom. The molecule has 0 radical (unpaired) electrons. The number of nitrogens with zero attached hydrogens (tertiary/aromatic N) is 1. The van der Waals surface area contributed by atoms with Gasteiger partial charge in [0.2, 0.25) is 10.0 Å². The van der Waals surface area contributed by atoms with Gasteiger partial charge in [0.25, 0.3) is 0 Å². The van der Waals surface area contributed by atoms with Gasteiger partial charge in [-0.1, -0.05) is 0 Å². The first kappa shape index (κ1) is 15.9. The SMILES string of the molecule is CC(C)Oc1ccc(S(=O)(=O)N(C)[C@H](C)CN)cc1. The molecule has 0 aliphatic heterocycles. The van der Waals surface area contributed by atoms with Crippen LogP contribution in [-0.2, 0) is 10.0 Å². The number of sulfonamides is 1. The van der Waals surface area contributed by atoms with Gasteiger partial charge in [-0.05, 0) is 45.0 Å². The van der Waals surface area contributed by atoms with Crippen LogP contribution in [0.3, 0.4) is 0 Å². The molecule has 1 rings (SSSR count). The first-order chi connectivity index (χ1) is 8.78. The van der Waals surface area contributed by atoms with Crippen molar-refractivity contribution in [2.24, 2.45) is 5.73 Å². The van der Waals surface area contributed by atoms with Crippen molar-refractivity contribution in [2.75, 3.05) is 13.6 Å². The summed E-state index contributed by atoms with van der Waals surface area (Å²) in [6, 6.07) is 6.18. The molecule has 0 saturated carbocycles. The maximum Gasteiger partial charge on any atom is 0.243 e. The fraction of sp³-hybridized carbons (Fsp3) is 0.538. The minimum Gasteiger partial charge on any atom is -0.491 e. The highest BCUT2D eigenvalue weighted by Crippen LogP contribution is 2.20. The third-order valence-electron chi connectivity index (χ3n) is 2.83. The fourth-order valence-electron chi connectivity index (χ4n) is 1.51. The molecule has 0 saturated heterocycles. The van der Waals surface area contributed by atoms with E-state index in [1.165, 1.54) is 11.4 Å². The summed E-state index contributed by atoms with van der Waals surface area (Å²) in [5.74, 6) is 0.656. The van der Waals surface area contributed by atoms with Crippen LogP contribution in [0.15, 0.2) is 29.2 Å². The number of hydrogen-bond acceptors (Lipinski definition) is 4. The van der Waals surface area contributed by atoms with E-state index in [0.29, 0.717) is 5.75 Å². The van der Waals surface area contributed by atoms with E-state index in [1.54, 1.807) is 31.2 Å². The van der Waals surface area contributed by atoms with Crippen LogP contribution in [0, 0.1) is 0 Å². The molecular formula is C13H22N2O3S.